The van der Waals surface area contributed by atoms with E-state index in [1.807, 2.05) is 25.2 Å². The zero-order valence-electron chi connectivity index (χ0n) is 11.5. The average Bonchev–Trinajstić information content (AvgIpc) is 3.17. The van der Waals surface area contributed by atoms with Gasteiger partial charge >= 0.3 is 0 Å². The Balaban J connectivity index is 1.73. The van der Waals surface area contributed by atoms with Gasteiger partial charge < -0.3 is 9.73 Å². The van der Waals surface area contributed by atoms with E-state index in [9.17, 15) is 0 Å². The van der Waals surface area contributed by atoms with Gasteiger partial charge in [0.25, 0.3) is 0 Å². The molecule has 3 aromatic rings. The van der Waals surface area contributed by atoms with Crippen molar-refractivity contribution in [3.8, 4) is 11.3 Å². The molecule has 0 radical (unpaired) electrons. The number of hydrogen-bond donors (Lipinski definition) is 1. The molecule has 100 valence electrons. The first-order valence-electron chi connectivity index (χ1n) is 7.11. The molecule has 2 nitrogen and oxygen atoms in total. The van der Waals surface area contributed by atoms with E-state index in [0.717, 1.165) is 16.7 Å². The van der Waals surface area contributed by atoms with Crippen LogP contribution in [-0.4, -0.2) is 13.1 Å². The molecule has 2 atom stereocenters. The Morgan fingerprint density at radius 2 is 1.95 bits per heavy atom. The highest BCUT2D eigenvalue weighted by Gasteiger charge is 2.36. The first kappa shape index (κ1) is 11.7. The molecule has 1 saturated carbocycles. The second-order valence-corrected chi connectivity index (χ2v) is 5.51. The lowest BCUT2D eigenvalue weighted by molar-refractivity contribution is 0.631. The summed E-state index contributed by atoms with van der Waals surface area (Å²) < 4.78 is 5.95. The molecule has 1 aliphatic rings. The zero-order chi connectivity index (χ0) is 13.5. The van der Waals surface area contributed by atoms with Gasteiger partial charge in [-0.1, -0.05) is 36.4 Å². The van der Waals surface area contributed by atoms with Gasteiger partial charge in [0, 0.05) is 22.9 Å². The highest BCUT2D eigenvalue weighted by atomic mass is 16.3. The molecule has 0 bridgehead atoms. The van der Waals surface area contributed by atoms with E-state index in [-0.39, 0.29) is 0 Å². The minimum absolute atomic E-state index is 0.640. The van der Waals surface area contributed by atoms with Crippen LogP contribution in [0, 0.1) is 0 Å². The molecule has 0 saturated heterocycles. The van der Waals surface area contributed by atoms with Crippen molar-refractivity contribution in [3.05, 3.63) is 60.2 Å². The molecule has 2 aromatic carbocycles. The van der Waals surface area contributed by atoms with Gasteiger partial charge in [-0.3, -0.25) is 0 Å². The lowest BCUT2D eigenvalue weighted by Crippen LogP contribution is -2.10. The summed E-state index contributed by atoms with van der Waals surface area (Å²) in [5.41, 5.74) is 3.52. The molecule has 2 heteroatoms. The molecular weight excluding hydrogens is 246 g/mol. The molecule has 0 spiro atoms. The SMILES string of the molecule is CNC1CC1c1cccc(-c2cc3ccccc3o2)c1. The van der Waals surface area contributed by atoms with Gasteiger partial charge in [0.2, 0.25) is 0 Å². The normalized spacial score (nSPS) is 21.2. The lowest BCUT2D eigenvalue weighted by atomic mass is 10.0. The summed E-state index contributed by atoms with van der Waals surface area (Å²) in [6.45, 7) is 0. The van der Waals surface area contributed by atoms with E-state index in [0.29, 0.717) is 12.0 Å². The molecule has 1 fully saturated rings. The summed E-state index contributed by atoms with van der Waals surface area (Å²) in [5.74, 6) is 1.61. The van der Waals surface area contributed by atoms with Gasteiger partial charge in [-0.2, -0.15) is 0 Å². The molecule has 2 unspecified atom stereocenters. The first-order chi connectivity index (χ1) is 9.85. The quantitative estimate of drug-likeness (QED) is 0.767. The van der Waals surface area contributed by atoms with Gasteiger partial charge in [0.05, 0.1) is 0 Å². The number of rotatable bonds is 3. The molecule has 1 N–H and O–H groups in total. The van der Waals surface area contributed by atoms with Crippen LogP contribution >= 0.6 is 0 Å². The van der Waals surface area contributed by atoms with Crippen LogP contribution < -0.4 is 5.32 Å². The topological polar surface area (TPSA) is 25.2 Å². The summed E-state index contributed by atoms with van der Waals surface area (Å²) in [6.07, 6.45) is 1.24. The Kier molecular flexibility index (Phi) is 2.64. The Morgan fingerprint density at radius 3 is 2.75 bits per heavy atom. The Hall–Kier alpha value is -2.06. The monoisotopic (exact) mass is 263 g/mol. The predicted molar refractivity (Wildman–Crippen MR) is 81.9 cm³/mol. The minimum atomic E-state index is 0.640. The Morgan fingerprint density at radius 1 is 1.05 bits per heavy atom. The van der Waals surface area contributed by atoms with Crippen LogP contribution in [-0.2, 0) is 0 Å². The van der Waals surface area contributed by atoms with Gasteiger partial charge in [-0.25, -0.2) is 0 Å². The molecular formula is C18H17NO. The fraction of sp³-hybridized carbons (Fsp3) is 0.222. The van der Waals surface area contributed by atoms with Crippen LogP contribution in [0.25, 0.3) is 22.3 Å². The highest BCUT2D eigenvalue weighted by molar-refractivity contribution is 5.82. The van der Waals surface area contributed by atoms with Crippen molar-refractivity contribution in [1.82, 2.24) is 5.32 Å². The molecule has 4 rings (SSSR count). The van der Waals surface area contributed by atoms with E-state index in [2.05, 4.69) is 41.7 Å². The first-order valence-corrected chi connectivity index (χ1v) is 7.11. The van der Waals surface area contributed by atoms with Crippen LogP contribution in [0.15, 0.2) is 59.0 Å². The zero-order valence-corrected chi connectivity index (χ0v) is 11.5. The average molecular weight is 263 g/mol. The van der Waals surface area contributed by atoms with Gasteiger partial charge in [-0.15, -0.1) is 0 Å². The molecule has 1 aromatic heterocycles. The number of benzene rings is 2. The molecule has 1 aliphatic carbocycles. The fourth-order valence-electron chi connectivity index (χ4n) is 2.93. The van der Waals surface area contributed by atoms with Crippen LogP contribution in [0.5, 0.6) is 0 Å². The largest absolute Gasteiger partial charge is 0.456 e. The third-order valence-electron chi connectivity index (χ3n) is 4.19. The van der Waals surface area contributed by atoms with E-state index in [1.54, 1.807) is 0 Å². The molecule has 20 heavy (non-hydrogen) atoms. The van der Waals surface area contributed by atoms with Crippen molar-refractivity contribution >= 4 is 11.0 Å². The predicted octanol–water partition coefficient (Wildman–Crippen LogP) is 4.18. The Labute approximate surface area is 118 Å². The van der Waals surface area contributed by atoms with Crippen LogP contribution in [0.1, 0.15) is 17.9 Å². The summed E-state index contributed by atoms with van der Waals surface area (Å²) >= 11 is 0. The van der Waals surface area contributed by atoms with Crippen molar-refractivity contribution in [3.63, 3.8) is 0 Å². The fourth-order valence-corrected chi connectivity index (χ4v) is 2.93. The van der Waals surface area contributed by atoms with E-state index < -0.39 is 0 Å². The highest BCUT2D eigenvalue weighted by Crippen LogP contribution is 2.41. The number of fused-ring (bicyclic) bond motifs is 1. The summed E-state index contributed by atoms with van der Waals surface area (Å²) in [5, 5.41) is 4.50. The van der Waals surface area contributed by atoms with Crippen LogP contribution in [0.4, 0.5) is 0 Å². The van der Waals surface area contributed by atoms with Crippen molar-refractivity contribution in [1.29, 1.82) is 0 Å². The number of para-hydroxylation sites is 1. The van der Waals surface area contributed by atoms with Crippen molar-refractivity contribution < 1.29 is 4.42 Å². The molecule has 1 heterocycles. The smallest absolute Gasteiger partial charge is 0.135 e. The number of hydrogen-bond acceptors (Lipinski definition) is 2. The van der Waals surface area contributed by atoms with Crippen molar-refractivity contribution in [2.24, 2.45) is 0 Å². The standard InChI is InChI=1S/C18H17NO/c1-19-16-11-15(16)12-6-4-7-13(9-12)18-10-14-5-2-3-8-17(14)20-18/h2-10,15-16,19H,11H2,1H3. The summed E-state index contributed by atoms with van der Waals surface area (Å²) in [6, 6.07) is 19.6. The van der Waals surface area contributed by atoms with E-state index >= 15 is 0 Å². The second kappa shape index (κ2) is 4.50. The second-order valence-electron chi connectivity index (χ2n) is 5.51. The Bertz CT molecular complexity index is 726. The third kappa shape index (κ3) is 1.93. The van der Waals surface area contributed by atoms with Crippen molar-refractivity contribution in [2.75, 3.05) is 7.05 Å². The van der Waals surface area contributed by atoms with Crippen LogP contribution in [0.3, 0.4) is 0 Å². The van der Waals surface area contributed by atoms with Gasteiger partial charge in [-0.05, 0) is 37.2 Å². The number of likely N-dealkylation sites (N-methyl/N-ethyl adjacent to an activating group) is 1. The van der Waals surface area contributed by atoms with Gasteiger partial charge in [0.15, 0.2) is 0 Å². The van der Waals surface area contributed by atoms with Gasteiger partial charge in [0.1, 0.15) is 11.3 Å². The van der Waals surface area contributed by atoms with Crippen molar-refractivity contribution in [2.45, 2.75) is 18.4 Å². The maximum atomic E-state index is 5.95. The summed E-state index contributed by atoms with van der Waals surface area (Å²) in [4.78, 5) is 0. The number of furan rings is 1. The maximum Gasteiger partial charge on any atom is 0.135 e. The molecule has 0 amide bonds. The number of nitrogens with one attached hydrogen (secondary N) is 1. The third-order valence-corrected chi connectivity index (χ3v) is 4.19. The van der Waals surface area contributed by atoms with E-state index in [4.69, 9.17) is 4.42 Å². The lowest BCUT2D eigenvalue weighted by Gasteiger charge is -2.02. The minimum Gasteiger partial charge on any atom is -0.456 e. The maximum absolute atomic E-state index is 5.95. The van der Waals surface area contributed by atoms with Crippen LogP contribution in [0.2, 0.25) is 0 Å². The summed E-state index contributed by atoms with van der Waals surface area (Å²) in [7, 11) is 2.04. The van der Waals surface area contributed by atoms with E-state index in [1.165, 1.54) is 17.5 Å². The molecule has 0 aliphatic heterocycles.